The molecule has 1 aliphatic rings. The number of benzene rings is 4. The van der Waals surface area contributed by atoms with Crippen molar-refractivity contribution < 1.29 is 4.79 Å². The summed E-state index contributed by atoms with van der Waals surface area (Å²) in [6, 6.07) is 40.8. The fourth-order valence-corrected chi connectivity index (χ4v) is 6.92. The van der Waals surface area contributed by atoms with Crippen molar-refractivity contribution in [1.82, 2.24) is 0 Å². The number of hydrogen-bond donors (Lipinski definition) is 0. The molecule has 2 unspecified atom stereocenters. The van der Waals surface area contributed by atoms with Gasteiger partial charge in [-0.2, -0.15) is 0 Å². The van der Waals surface area contributed by atoms with Crippen LogP contribution in [-0.2, 0) is 4.79 Å². The molecule has 5 rings (SSSR count). The predicted octanol–water partition coefficient (Wildman–Crippen LogP) is 5.95. The van der Waals surface area contributed by atoms with E-state index in [-0.39, 0.29) is 31.6 Å². The molecule has 0 aliphatic carbocycles. The minimum absolute atomic E-state index is 0.0680. The molecule has 0 saturated carbocycles. The van der Waals surface area contributed by atoms with E-state index in [9.17, 15) is 4.79 Å². The number of anilines is 2. The molecule has 0 N–H and O–H groups in total. The zero-order valence-electron chi connectivity index (χ0n) is 17.4. The van der Waals surface area contributed by atoms with Gasteiger partial charge in [0.2, 0.25) is 0 Å². The van der Waals surface area contributed by atoms with Crippen LogP contribution in [0, 0.1) is 0 Å². The number of hydrogen-bond acceptors (Lipinski definition) is 2. The molecule has 1 aliphatic heterocycles. The van der Waals surface area contributed by atoms with Gasteiger partial charge in [0.25, 0.3) is 0 Å². The van der Waals surface area contributed by atoms with Crippen molar-refractivity contribution in [2.75, 3.05) is 4.90 Å². The summed E-state index contributed by atoms with van der Waals surface area (Å²) >= 11 is -0.0680. The van der Waals surface area contributed by atoms with Crippen molar-refractivity contribution in [3.63, 3.8) is 0 Å². The molecule has 4 aromatic rings. The summed E-state index contributed by atoms with van der Waals surface area (Å²) in [7, 11) is 0. The molecule has 0 aromatic heterocycles. The first-order chi connectivity index (χ1) is 15.8. The average Bonchev–Trinajstić information content (AvgIpc) is 2.86. The standard InChI is InChI=1S/C28H22N2OSe/c31-27-25(21-13-5-1-6-14-21)26(22-15-7-2-8-16-22)32-28(29-27)30(23-17-9-3-10-18-23)24-19-11-4-12-20-24/h1-20,25-26H. The molecule has 4 aromatic carbocycles. The fourth-order valence-electron chi connectivity index (χ4n) is 4.01. The van der Waals surface area contributed by atoms with Crippen LogP contribution >= 0.6 is 0 Å². The Balaban J connectivity index is 1.63. The van der Waals surface area contributed by atoms with Crippen molar-refractivity contribution in [2.45, 2.75) is 10.7 Å². The van der Waals surface area contributed by atoms with E-state index in [4.69, 9.17) is 4.99 Å². The summed E-state index contributed by atoms with van der Waals surface area (Å²) in [6.07, 6.45) is 0. The first kappa shape index (κ1) is 20.4. The molecule has 156 valence electrons. The van der Waals surface area contributed by atoms with E-state index in [1.165, 1.54) is 5.56 Å². The van der Waals surface area contributed by atoms with Gasteiger partial charge < -0.3 is 0 Å². The van der Waals surface area contributed by atoms with E-state index in [1.807, 2.05) is 72.8 Å². The van der Waals surface area contributed by atoms with Gasteiger partial charge in [-0.15, -0.1) is 0 Å². The quantitative estimate of drug-likeness (QED) is 0.338. The summed E-state index contributed by atoms with van der Waals surface area (Å²) in [5.41, 5.74) is 4.24. The predicted molar refractivity (Wildman–Crippen MR) is 132 cm³/mol. The fraction of sp³-hybridized carbons (Fsp3) is 0.0714. The Hall–Kier alpha value is -3.46. The number of aliphatic imine (C=N–C) groups is 1. The van der Waals surface area contributed by atoms with Crippen LogP contribution < -0.4 is 4.90 Å². The molecule has 2 atom stereocenters. The Bertz CT molecular complexity index is 1170. The normalized spacial score (nSPS) is 18.1. The Morgan fingerprint density at radius 3 is 1.53 bits per heavy atom. The summed E-state index contributed by atoms with van der Waals surface area (Å²) in [6.45, 7) is 0. The SMILES string of the molecule is O=C1N=C(N(c2ccccc2)c2ccccc2)[Se]C(c2ccccc2)C1c1ccccc1. The summed E-state index contributed by atoms with van der Waals surface area (Å²) in [4.78, 5) is 20.5. The summed E-state index contributed by atoms with van der Waals surface area (Å²) in [5.74, 6) is -0.346. The van der Waals surface area contributed by atoms with Crippen molar-refractivity contribution >= 4 is 37.0 Å². The van der Waals surface area contributed by atoms with Gasteiger partial charge >= 0.3 is 195 Å². The van der Waals surface area contributed by atoms with Gasteiger partial charge in [0.15, 0.2) is 0 Å². The van der Waals surface area contributed by atoms with Gasteiger partial charge in [-0.05, 0) is 0 Å². The van der Waals surface area contributed by atoms with Crippen LogP contribution in [0.3, 0.4) is 0 Å². The second-order valence-electron chi connectivity index (χ2n) is 7.58. The maximum atomic E-state index is 13.6. The van der Waals surface area contributed by atoms with Gasteiger partial charge in [0, 0.05) is 0 Å². The molecule has 0 saturated heterocycles. The molecule has 1 heterocycles. The molecule has 3 nitrogen and oxygen atoms in total. The number of carbonyl (C=O) groups is 1. The molecule has 4 heteroatoms. The van der Waals surface area contributed by atoms with E-state index in [0.29, 0.717) is 0 Å². The number of nitrogens with zero attached hydrogens (tertiary/aromatic N) is 2. The maximum absolute atomic E-state index is 13.6. The Kier molecular flexibility index (Phi) is 5.98. The van der Waals surface area contributed by atoms with Crippen LogP contribution in [0.2, 0.25) is 0 Å². The average molecular weight is 481 g/mol. The second-order valence-corrected chi connectivity index (χ2v) is 9.90. The van der Waals surface area contributed by atoms with Crippen molar-refractivity contribution in [3.05, 3.63) is 132 Å². The molecule has 1 amide bonds. The third-order valence-electron chi connectivity index (χ3n) is 5.51. The zero-order valence-corrected chi connectivity index (χ0v) is 19.1. The molecular formula is C28H22N2OSe. The molecule has 0 radical (unpaired) electrons. The van der Waals surface area contributed by atoms with Crippen LogP contribution in [0.4, 0.5) is 11.4 Å². The Labute approximate surface area is 194 Å². The van der Waals surface area contributed by atoms with E-state index in [2.05, 4.69) is 53.4 Å². The molecule has 0 spiro atoms. The van der Waals surface area contributed by atoms with Gasteiger partial charge in [-0.1, -0.05) is 0 Å². The van der Waals surface area contributed by atoms with Gasteiger partial charge in [-0.25, -0.2) is 0 Å². The van der Waals surface area contributed by atoms with E-state index < -0.39 is 0 Å². The van der Waals surface area contributed by atoms with Gasteiger partial charge in [-0.3, -0.25) is 0 Å². The Morgan fingerprint density at radius 2 is 1.03 bits per heavy atom. The van der Waals surface area contributed by atoms with Crippen LogP contribution in [0.25, 0.3) is 0 Å². The first-order valence-corrected chi connectivity index (χ1v) is 12.4. The number of rotatable bonds is 4. The molecule has 0 fully saturated rings. The van der Waals surface area contributed by atoms with Crippen LogP contribution in [-0.4, -0.2) is 25.6 Å². The summed E-state index contributed by atoms with van der Waals surface area (Å²) < 4.78 is 0.834. The van der Waals surface area contributed by atoms with Crippen molar-refractivity contribution in [1.29, 1.82) is 0 Å². The number of carbonyl (C=O) groups excluding carboxylic acids is 1. The number of amidine groups is 1. The van der Waals surface area contributed by atoms with Crippen LogP contribution in [0.5, 0.6) is 0 Å². The van der Waals surface area contributed by atoms with Crippen molar-refractivity contribution in [3.8, 4) is 0 Å². The third kappa shape index (κ3) is 4.16. The number of para-hydroxylation sites is 2. The molecule has 32 heavy (non-hydrogen) atoms. The van der Waals surface area contributed by atoms with Crippen LogP contribution in [0.15, 0.2) is 126 Å². The van der Waals surface area contributed by atoms with Crippen molar-refractivity contribution in [2.24, 2.45) is 4.99 Å². The van der Waals surface area contributed by atoms with Gasteiger partial charge in [0.05, 0.1) is 0 Å². The second kappa shape index (κ2) is 9.35. The van der Waals surface area contributed by atoms with E-state index in [0.717, 1.165) is 21.7 Å². The number of amides is 1. The van der Waals surface area contributed by atoms with E-state index >= 15 is 0 Å². The van der Waals surface area contributed by atoms with Crippen LogP contribution in [0.1, 0.15) is 21.9 Å². The minimum atomic E-state index is -0.268. The van der Waals surface area contributed by atoms with E-state index in [1.54, 1.807) is 0 Å². The molecule has 0 bridgehead atoms. The molecular weight excluding hydrogens is 459 g/mol. The summed E-state index contributed by atoms with van der Waals surface area (Å²) in [5, 5.41) is 0. The Morgan fingerprint density at radius 1 is 0.594 bits per heavy atom. The van der Waals surface area contributed by atoms with Gasteiger partial charge in [0.1, 0.15) is 0 Å². The first-order valence-electron chi connectivity index (χ1n) is 10.6. The monoisotopic (exact) mass is 482 g/mol. The zero-order chi connectivity index (χ0) is 21.8. The topological polar surface area (TPSA) is 32.7 Å². The third-order valence-corrected chi connectivity index (χ3v) is 8.21.